The molecule has 0 saturated heterocycles. The van der Waals surface area contributed by atoms with Gasteiger partial charge in [-0.25, -0.2) is 24.9 Å². The molecule has 8 heterocycles. The van der Waals surface area contributed by atoms with Crippen LogP contribution in [0.5, 0.6) is 0 Å². The Balaban J connectivity index is -0.000000136. The van der Waals surface area contributed by atoms with Gasteiger partial charge in [-0.15, -0.1) is 5.10 Å². The molecule has 0 aliphatic rings. The fourth-order valence-corrected chi connectivity index (χ4v) is 6.43. The van der Waals surface area contributed by atoms with Crippen LogP contribution in [0.25, 0.3) is 0 Å². The summed E-state index contributed by atoms with van der Waals surface area (Å²) in [7, 11) is 0. The first-order valence-corrected chi connectivity index (χ1v) is 38.7. The van der Waals surface area contributed by atoms with Gasteiger partial charge in [0, 0.05) is 119 Å². The molecule has 0 atom stereocenters. The lowest BCUT2D eigenvalue weighted by molar-refractivity contribution is 0.533. The van der Waals surface area contributed by atoms with Crippen LogP contribution in [0.4, 0.5) is 0 Å². The van der Waals surface area contributed by atoms with E-state index in [1.165, 1.54) is 16.7 Å². The summed E-state index contributed by atoms with van der Waals surface area (Å²) in [6.07, 6.45) is 26.2. The highest BCUT2D eigenvalue weighted by atomic mass is 15.1. The molecule has 0 N–H and O–H groups in total. The number of hydrogen-bond donors (Lipinski definition) is 0. The van der Waals surface area contributed by atoms with Crippen LogP contribution < -0.4 is 0 Å². The number of pyridine rings is 3. The van der Waals surface area contributed by atoms with Crippen molar-refractivity contribution in [1.82, 2.24) is 70.2 Å². The van der Waals surface area contributed by atoms with Gasteiger partial charge in [0.25, 0.3) is 0 Å². The van der Waals surface area contributed by atoms with Crippen LogP contribution >= 0.6 is 0 Å². The SMILES string of the molecule is CC.CC.CC.CC.CC.CC.CC.CC.CC.CC(C)(C)c1ccccn1.CC(C)(C)c1ccncn1.CC(C)(C)c1cnccn1.CC(C)(C)c1ncccn1.CC(C)(C)c1nccnn1.CC(C)c1ccccc1.CC(C)c1cccnc1.CC(C)c1cccnn1.CC(C)c1ccncc1. The number of nitrogens with zero attached hydrogens (tertiary/aromatic N) is 14. The summed E-state index contributed by atoms with van der Waals surface area (Å²) in [6.45, 7) is 85.0. The third-order valence-electron chi connectivity index (χ3n) is 11.9. The van der Waals surface area contributed by atoms with E-state index in [4.69, 9.17) is 0 Å². The van der Waals surface area contributed by atoms with E-state index in [1.807, 2.05) is 210 Å². The fourth-order valence-electron chi connectivity index (χ4n) is 6.43. The van der Waals surface area contributed by atoms with E-state index in [9.17, 15) is 0 Å². The van der Waals surface area contributed by atoms with Gasteiger partial charge >= 0.3 is 0 Å². The largest absolute Gasteiger partial charge is 0.265 e. The molecule has 0 aliphatic heterocycles. The molecule has 0 saturated carbocycles. The predicted molar refractivity (Wildman–Crippen MR) is 459 cm³/mol. The second kappa shape index (κ2) is 74.7. The molecule has 8 aromatic heterocycles. The van der Waals surface area contributed by atoms with Crippen molar-refractivity contribution >= 4 is 0 Å². The molecule has 0 radical (unpaired) electrons. The fraction of sp³-hybridized carbons (Fsp3) is 0.556. The van der Waals surface area contributed by atoms with E-state index < -0.39 is 0 Å². The first-order chi connectivity index (χ1) is 49.2. The highest BCUT2D eigenvalue weighted by Crippen LogP contribution is 2.21. The second-order valence-electron chi connectivity index (χ2n) is 26.4. The molecular formula is C90H158N14. The second-order valence-corrected chi connectivity index (χ2v) is 26.4. The Morgan fingerprint density at radius 2 is 0.615 bits per heavy atom. The van der Waals surface area contributed by atoms with Crippen LogP contribution in [0.1, 0.15) is 359 Å². The van der Waals surface area contributed by atoms with Crippen LogP contribution in [0.15, 0.2) is 190 Å². The minimum atomic E-state index is 0.00819. The van der Waals surface area contributed by atoms with Crippen LogP contribution in [0.3, 0.4) is 0 Å². The topological polar surface area (TPSA) is 180 Å². The summed E-state index contributed by atoms with van der Waals surface area (Å²) in [5, 5.41) is 15.3. The molecular weight excluding hydrogens is 1280 g/mol. The van der Waals surface area contributed by atoms with Crippen molar-refractivity contribution in [3.8, 4) is 0 Å². The van der Waals surface area contributed by atoms with E-state index in [1.54, 1.807) is 68.3 Å². The van der Waals surface area contributed by atoms with Gasteiger partial charge in [-0.2, -0.15) is 15.3 Å². The maximum atomic E-state index is 4.25. The van der Waals surface area contributed by atoms with E-state index in [-0.39, 0.29) is 27.1 Å². The Morgan fingerprint density at radius 3 is 0.875 bits per heavy atom. The lowest BCUT2D eigenvalue weighted by Gasteiger charge is -2.16. The van der Waals surface area contributed by atoms with Crippen molar-refractivity contribution < 1.29 is 0 Å². The Hall–Kier alpha value is -8.00. The molecule has 1 aromatic carbocycles. The molecule has 14 nitrogen and oxygen atoms in total. The molecule has 0 bridgehead atoms. The molecule has 0 spiro atoms. The minimum Gasteiger partial charge on any atom is -0.265 e. The smallest absolute Gasteiger partial charge is 0.156 e. The lowest BCUT2D eigenvalue weighted by atomic mass is 9.92. The van der Waals surface area contributed by atoms with E-state index in [0.29, 0.717) is 23.7 Å². The highest BCUT2D eigenvalue weighted by molar-refractivity contribution is 5.18. The average molecular weight is 1440 g/mol. The van der Waals surface area contributed by atoms with Gasteiger partial charge in [-0.1, -0.05) is 326 Å². The van der Waals surface area contributed by atoms with Crippen LogP contribution in [0, 0.1) is 0 Å². The van der Waals surface area contributed by atoms with Gasteiger partial charge in [-0.3, -0.25) is 24.9 Å². The van der Waals surface area contributed by atoms with Gasteiger partial charge in [0.15, 0.2) is 5.82 Å². The normalized spacial score (nSPS) is 9.55. The molecule has 0 aliphatic carbocycles. The van der Waals surface area contributed by atoms with Crippen molar-refractivity contribution in [2.24, 2.45) is 0 Å². The maximum Gasteiger partial charge on any atom is 0.156 e. The Kier molecular flexibility index (Phi) is 82.2. The van der Waals surface area contributed by atoms with Crippen LogP contribution in [-0.2, 0) is 27.1 Å². The zero-order chi connectivity index (χ0) is 82.8. The van der Waals surface area contributed by atoms with Gasteiger partial charge in [-0.05, 0) is 95.0 Å². The third-order valence-corrected chi connectivity index (χ3v) is 11.9. The number of benzene rings is 1. The quantitative estimate of drug-likeness (QED) is 0.162. The number of rotatable bonds is 4. The Morgan fingerprint density at radius 1 is 0.231 bits per heavy atom. The molecule has 0 fully saturated rings. The lowest BCUT2D eigenvalue weighted by Crippen LogP contribution is -2.15. The first kappa shape index (κ1) is 114. The number of aromatic nitrogens is 14. The molecule has 104 heavy (non-hydrogen) atoms. The number of hydrogen-bond acceptors (Lipinski definition) is 14. The summed E-state index contributed by atoms with van der Waals surface area (Å²) in [5.41, 5.74) is 8.92. The van der Waals surface area contributed by atoms with Crippen molar-refractivity contribution in [3.63, 3.8) is 0 Å². The predicted octanol–water partition coefficient (Wildman–Crippen LogP) is 26.9. The summed E-state index contributed by atoms with van der Waals surface area (Å²) < 4.78 is 0. The third kappa shape index (κ3) is 67.2. The van der Waals surface area contributed by atoms with Gasteiger partial charge in [0.05, 0.1) is 17.6 Å². The van der Waals surface area contributed by atoms with Gasteiger partial charge in [0.1, 0.15) is 12.2 Å². The van der Waals surface area contributed by atoms with Gasteiger partial charge < -0.3 is 0 Å². The highest BCUT2D eigenvalue weighted by Gasteiger charge is 2.18. The Labute approximate surface area is 642 Å². The first-order valence-electron chi connectivity index (χ1n) is 38.7. The van der Waals surface area contributed by atoms with Crippen LogP contribution in [0.2, 0.25) is 0 Å². The zero-order valence-electron chi connectivity index (χ0n) is 74.5. The van der Waals surface area contributed by atoms with Crippen LogP contribution in [-0.4, -0.2) is 70.2 Å². The molecule has 9 aromatic rings. The summed E-state index contributed by atoms with van der Waals surface area (Å²) in [6, 6.07) is 32.4. The molecule has 14 heteroatoms. The van der Waals surface area contributed by atoms with Crippen molar-refractivity contribution in [2.45, 2.75) is 335 Å². The summed E-state index contributed by atoms with van der Waals surface area (Å²) in [5.74, 6) is 4.04. The average Bonchev–Trinajstić information content (AvgIpc) is 0.896. The molecule has 588 valence electrons. The van der Waals surface area contributed by atoms with Crippen molar-refractivity contribution in [2.75, 3.05) is 0 Å². The monoisotopic (exact) mass is 1440 g/mol. The van der Waals surface area contributed by atoms with E-state index >= 15 is 0 Å². The maximum absolute atomic E-state index is 4.25. The van der Waals surface area contributed by atoms with Crippen molar-refractivity contribution in [1.29, 1.82) is 0 Å². The molecule has 9 rings (SSSR count). The van der Waals surface area contributed by atoms with E-state index in [0.717, 1.165) is 34.4 Å². The van der Waals surface area contributed by atoms with Gasteiger partial charge in [0.2, 0.25) is 0 Å². The summed E-state index contributed by atoms with van der Waals surface area (Å²) in [4.78, 5) is 40.7. The van der Waals surface area contributed by atoms with Crippen molar-refractivity contribution in [3.05, 3.63) is 241 Å². The minimum absolute atomic E-state index is 0.00819. The molecule has 0 amide bonds. The molecule has 0 unspecified atom stereocenters. The summed E-state index contributed by atoms with van der Waals surface area (Å²) >= 11 is 0. The Bertz CT molecular complexity index is 2540. The standard InChI is InChI=1S/C9H13N.C9H12.3C8H12N2.2C8H11N.C7H11N3.C7H10N2.9C2H6/c1-9(2,3)8-6-4-5-7-10-8;1-8(2)9-6-4-3-5-7-9;1-8(2,3)7-6-9-4-5-10-7;1-8(2,3)7-4-5-9-6-10-7;1-8(2,3)7-9-5-4-6-10-7;1-7(2)8-3-5-9-6-4-8;1-7(2)8-4-3-5-9-6-8;1-7(2,3)6-8-4-5-9-10-6;1-6(2)7-4-3-5-8-9-7;9*1-2/h4-7H,1-3H3;3-8H,1-2H3;3*4-6H,1-3H3;2*3-7H,1-2H3;4-5H,1-3H3;3-6H,1-2H3;9*1-2H3. The zero-order valence-corrected chi connectivity index (χ0v) is 74.5. The van der Waals surface area contributed by atoms with E-state index in [2.05, 4.69) is 266 Å².